The minimum absolute atomic E-state index is 0.173. The lowest BCUT2D eigenvalue weighted by Gasteiger charge is -2.20. The van der Waals surface area contributed by atoms with Crippen molar-refractivity contribution in [3.05, 3.63) is 29.8 Å². The first-order chi connectivity index (χ1) is 6.87. The van der Waals surface area contributed by atoms with Crippen LogP contribution in [0.1, 0.15) is 26.3 Å². The molecule has 0 aliphatic heterocycles. The number of nitrogens with one attached hydrogen (secondary N) is 2. The molecule has 15 heavy (non-hydrogen) atoms. The topological polar surface area (TPSA) is 41.1 Å². The molecule has 0 aliphatic carbocycles. The van der Waals surface area contributed by atoms with Crippen LogP contribution >= 0.6 is 0 Å². The van der Waals surface area contributed by atoms with Crippen molar-refractivity contribution in [2.75, 3.05) is 5.32 Å². The standard InChI is InChI=1S/C12H18N2O/c1-9-6-5-7-10(8-9)13-11(15)14-12(2,3)4/h5-8H,1-4H3,(H2,13,14,15). The normalized spacial score (nSPS) is 10.9. The van der Waals surface area contributed by atoms with E-state index in [1.54, 1.807) is 0 Å². The van der Waals surface area contributed by atoms with E-state index in [-0.39, 0.29) is 11.6 Å². The number of carbonyl (C=O) groups is 1. The molecule has 0 heterocycles. The van der Waals surface area contributed by atoms with E-state index in [4.69, 9.17) is 0 Å². The number of hydrogen-bond donors (Lipinski definition) is 2. The van der Waals surface area contributed by atoms with Gasteiger partial charge in [-0.25, -0.2) is 4.79 Å². The highest BCUT2D eigenvalue weighted by Crippen LogP contribution is 2.09. The van der Waals surface area contributed by atoms with Crippen molar-refractivity contribution in [2.24, 2.45) is 0 Å². The molecule has 3 heteroatoms. The third-order valence-electron chi connectivity index (χ3n) is 1.76. The zero-order valence-electron chi connectivity index (χ0n) is 9.72. The maximum Gasteiger partial charge on any atom is 0.319 e. The van der Waals surface area contributed by atoms with Crippen molar-refractivity contribution in [2.45, 2.75) is 33.2 Å². The first kappa shape index (κ1) is 11.6. The lowest BCUT2D eigenvalue weighted by Crippen LogP contribution is -2.43. The van der Waals surface area contributed by atoms with Crippen LogP contribution in [0.5, 0.6) is 0 Å². The van der Waals surface area contributed by atoms with Crippen LogP contribution < -0.4 is 10.6 Å². The lowest BCUT2D eigenvalue weighted by molar-refractivity contribution is 0.244. The van der Waals surface area contributed by atoms with Crippen LogP contribution in [0.25, 0.3) is 0 Å². The Kier molecular flexibility index (Phi) is 3.35. The largest absolute Gasteiger partial charge is 0.333 e. The molecule has 0 spiro atoms. The minimum atomic E-state index is -0.214. The third kappa shape index (κ3) is 4.49. The maximum atomic E-state index is 11.5. The first-order valence-corrected chi connectivity index (χ1v) is 5.03. The number of aryl methyl sites for hydroxylation is 1. The zero-order valence-corrected chi connectivity index (χ0v) is 9.72. The van der Waals surface area contributed by atoms with Gasteiger partial charge in [-0.05, 0) is 45.4 Å². The molecule has 0 saturated carbocycles. The van der Waals surface area contributed by atoms with Crippen molar-refractivity contribution < 1.29 is 4.79 Å². The highest BCUT2D eigenvalue weighted by Gasteiger charge is 2.13. The maximum absolute atomic E-state index is 11.5. The molecular weight excluding hydrogens is 188 g/mol. The Morgan fingerprint density at radius 2 is 1.93 bits per heavy atom. The number of amides is 2. The van der Waals surface area contributed by atoms with Gasteiger partial charge in [0.2, 0.25) is 0 Å². The van der Waals surface area contributed by atoms with Crippen molar-refractivity contribution in [3.63, 3.8) is 0 Å². The molecule has 0 aromatic heterocycles. The van der Waals surface area contributed by atoms with Gasteiger partial charge in [0.05, 0.1) is 0 Å². The van der Waals surface area contributed by atoms with Gasteiger partial charge in [-0.15, -0.1) is 0 Å². The van der Waals surface area contributed by atoms with E-state index >= 15 is 0 Å². The van der Waals surface area contributed by atoms with E-state index in [1.807, 2.05) is 52.0 Å². The second-order valence-corrected chi connectivity index (χ2v) is 4.70. The second-order valence-electron chi connectivity index (χ2n) is 4.70. The fraction of sp³-hybridized carbons (Fsp3) is 0.417. The van der Waals surface area contributed by atoms with E-state index < -0.39 is 0 Å². The van der Waals surface area contributed by atoms with E-state index in [0.717, 1.165) is 11.3 Å². The Balaban J connectivity index is 2.59. The molecular formula is C12H18N2O. The van der Waals surface area contributed by atoms with Crippen LogP contribution in [0.3, 0.4) is 0 Å². The summed E-state index contributed by atoms with van der Waals surface area (Å²) in [4.78, 5) is 11.5. The summed E-state index contributed by atoms with van der Waals surface area (Å²) in [6.07, 6.45) is 0. The first-order valence-electron chi connectivity index (χ1n) is 5.03. The molecule has 0 unspecified atom stereocenters. The number of urea groups is 1. The zero-order chi connectivity index (χ0) is 11.5. The fourth-order valence-electron chi connectivity index (χ4n) is 1.23. The van der Waals surface area contributed by atoms with Crippen molar-refractivity contribution >= 4 is 11.7 Å². The SMILES string of the molecule is Cc1cccc(NC(=O)NC(C)(C)C)c1. The highest BCUT2D eigenvalue weighted by molar-refractivity contribution is 5.89. The Morgan fingerprint density at radius 1 is 1.27 bits per heavy atom. The van der Waals surface area contributed by atoms with Gasteiger partial charge in [-0.3, -0.25) is 0 Å². The average Bonchev–Trinajstić information content (AvgIpc) is 1.99. The number of carbonyl (C=O) groups excluding carboxylic acids is 1. The summed E-state index contributed by atoms with van der Waals surface area (Å²) in [6, 6.07) is 7.54. The molecule has 1 aromatic rings. The Bertz CT molecular complexity index is 353. The second kappa shape index (κ2) is 4.34. The molecule has 0 saturated heterocycles. The molecule has 0 atom stereocenters. The molecule has 82 valence electrons. The molecule has 0 radical (unpaired) electrons. The molecule has 2 amide bonds. The van der Waals surface area contributed by atoms with Crippen LogP contribution in [-0.4, -0.2) is 11.6 Å². The smallest absolute Gasteiger partial charge is 0.319 e. The predicted octanol–water partition coefficient (Wildman–Crippen LogP) is 2.92. The van der Waals surface area contributed by atoms with Crippen LogP contribution in [0.2, 0.25) is 0 Å². The molecule has 0 aliphatic rings. The van der Waals surface area contributed by atoms with Gasteiger partial charge in [-0.2, -0.15) is 0 Å². The summed E-state index contributed by atoms with van der Waals surface area (Å²) < 4.78 is 0. The van der Waals surface area contributed by atoms with Crippen molar-refractivity contribution in [1.29, 1.82) is 0 Å². The summed E-state index contributed by atoms with van der Waals surface area (Å²) in [5, 5.41) is 5.63. The van der Waals surface area contributed by atoms with E-state index in [2.05, 4.69) is 10.6 Å². The van der Waals surface area contributed by atoms with Crippen molar-refractivity contribution in [1.82, 2.24) is 5.32 Å². The summed E-state index contributed by atoms with van der Waals surface area (Å²) >= 11 is 0. The number of benzene rings is 1. The summed E-state index contributed by atoms with van der Waals surface area (Å²) in [6.45, 7) is 7.83. The van der Waals surface area contributed by atoms with Crippen LogP contribution in [0.15, 0.2) is 24.3 Å². The van der Waals surface area contributed by atoms with Crippen LogP contribution in [-0.2, 0) is 0 Å². The van der Waals surface area contributed by atoms with Gasteiger partial charge in [0.15, 0.2) is 0 Å². The molecule has 2 N–H and O–H groups in total. The quantitative estimate of drug-likeness (QED) is 0.728. The molecule has 1 rings (SSSR count). The summed E-state index contributed by atoms with van der Waals surface area (Å²) in [5.74, 6) is 0. The molecule has 1 aromatic carbocycles. The van der Waals surface area contributed by atoms with Gasteiger partial charge in [-0.1, -0.05) is 12.1 Å². The van der Waals surface area contributed by atoms with E-state index in [9.17, 15) is 4.79 Å². The van der Waals surface area contributed by atoms with Gasteiger partial charge in [0, 0.05) is 11.2 Å². The molecule has 0 bridgehead atoms. The van der Waals surface area contributed by atoms with Crippen LogP contribution in [0.4, 0.5) is 10.5 Å². The van der Waals surface area contributed by atoms with E-state index in [1.165, 1.54) is 0 Å². The van der Waals surface area contributed by atoms with Gasteiger partial charge < -0.3 is 10.6 Å². The number of rotatable bonds is 1. The number of hydrogen-bond acceptors (Lipinski definition) is 1. The van der Waals surface area contributed by atoms with Gasteiger partial charge in [0.1, 0.15) is 0 Å². The number of anilines is 1. The highest BCUT2D eigenvalue weighted by atomic mass is 16.2. The summed E-state index contributed by atoms with van der Waals surface area (Å²) in [7, 11) is 0. The molecule has 0 fully saturated rings. The Labute approximate surface area is 90.9 Å². The third-order valence-corrected chi connectivity index (χ3v) is 1.76. The fourth-order valence-corrected chi connectivity index (χ4v) is 1.23. The van der Waals surface area contributed by atoms with E-state index in [0.29, 0.717) is 0 Å². The Morgan fingerprint density at radius 3 is 2.47 bits per heavy atom. The van der Waals surface area contributed by atoms with Crippen molar-refractivity contribution in [3.8, 4) is 0 Å². The van der Waals surface area contributed by atoms with Gasteiger partial charge >= 0.3 is 6.03 Å². The monoisotopic (exact) mass is 206 g/mol. The predicted molar refractivity (Wildman–Crippen MR) is 63.1 cm³/mol. The minimum Gasteiger partial charge on any atom is -0.333 e. The lowest BCUT2D eigenvalue weighted by atomic mass is 10.1. The Hall–Kier alpha value is -1.51. The van der Waals surface area contributed by atoms with Crippen LogP contribution in [0, 0.1) is 6.92 Å². The molecule has 3 nitrogen and oxygen atoms in total. The average molecular weight is 206 g/mol. The van der Waals surface area contributed by atoms with Gasteiger partial charge in [0.25, 0.3) is 0 Å². The summed E-state index contributed by atoms with van der Waals surface area (Å²) in [5.41, 5.74) is 1.73.